The molecule has 0 aliphatic heterocycles. The van der Waals surface area contributed by atoms with Gasteiger partial charge >= 0.3 is 11.9 Å². The second-order valence-corrected chi connectivity index (χ2v) is 5.16. The second-order valence-electron chi connectivity index (χ2n) is 5.16. The Labute approximate surface area is 117 Å². The molecule has 0 aliphatic rings. The third-order valence-corrected chi connectivity index (χ3v) is 3.07. The highest BCUT2D eigenvalue weighted by atomic mass is 16.6. The van der Waals surface area contributed by atoms with Crippen molar-refractivity contribution in [3.05, 3.63) is 0 Å². The molecule has 19 heavy (non-hydrogen) atoms. The molecular formula is C15H29NO3. The van der Waals surface area contributed by atoms with Crippen LogP contribution in [0.5, 0.6) is 0 Å². The quantitative estimate of drug-likeness (QED) is 0.355. The summed E-state index contributed by atoms with van der Waals surface area (Å²) in [6, 6.07) is -0.730. The van der Waals surface area contributed by atoms with E-state index in [1.807, 2.05) is 0 Å². The summed E-state index contributed by atoms with van der Waals surface area (Å²) in [4.78, 5) is 22.3. The zero-order valence-corrected chi connectivity index (χ0v) is 12.5. The van der Waals surface area contributed by atoms with Gasteiger partial charge in [-0.05, 0) is 13.3 Å². The fourth-order valence-electron chi connectivity index (χ4n) is 1.84. The topological polar surface area (TPSA) is 69.4 Å². The van der Waals surface area contributed by atoms with Gasteiger partial charge in [-0.15, -0.1) is 0 Å². The van der Waals surface area contributed by atoms with Crippen molar-refractivity contribution >= 4 is 11.9 Å². The third kappa shape index (κ3) is 11.9. The van der Waals surface area contributed by atoms with E-state index in [-0.39, 0.29) is 0 Å². The van der Waals surface area contributed by atoms with Gasteiger partial charge in [-0.2, -0.15) is 0 Å². The molecule has 0 saturated carbocycles. The SMILES string of the molecule is CCCCCCCCCCCC(=O)OC(=O)[C@@H](C)N. The Kier molecular flexibility index (Phi) is 11.6. The molecule has 4 nitrogen and oxygen atoms in total. The molecule has 0 aromatic carbocycles. The van der Waals surface area contributed by atoms with Gasteiger partial charge < -0.3 is 10.5 Å². The normalized spacial score (nSPS) is 12.2. The molecule has 0 fully saturated rings. The van der Waals surface area contributed by atoms with Gasteiger partial charge in [-0.3, -0.25) is 4.79 Å². The highest BCUT2D eigenvalue weighted by molar-refractivity contribution is 5.87. The highest BCUT2D eigenvalue weighted by Crippen LogP contribution is 2.10. The fourth-order valence-corrected chi connectivity index (χ4v) is 1.84. The number of hydrogen-bond acceptors (Lipinski definition) is 4. The molecule has 0 heterocycles. The monoisotopic (exact) mass is 271 g/mol. The van der Waals surface area contributed by atoms with Crippen molar-refractivity contribution in [2.75, 3.05) is 0 Å². The summed E-state index contributed by atoms with van der Waals surface area (Å²) < 4.78 is 4.58. The van der Waals surface area contributed by atoms with Gasteiger partial charge in [0.1, 0.15) is 6.04 Å². The van der Waals surface area contributed by atoms with Crippen LogP contribution in [0.1, 0.15) is 78.1 Å². The number of carbonyl (C=O) groups is 2. The summed E-state index contributed by atoms with van der Waals surface area (Å²) >= 11 is 0. The van der Waals surface area contributed by atoms with Gasteiger partial charge in [0.2, 0.25) is 0 Å². The Morgan fingerprint density at radius 3 is 1.89 bits per heavy atom. The Morgan fingerprint density at radius 1 is 0.947 bits per heavy atom. The smallest absolute Gasteiger partial charge is 0.330 e. The maximum atomic E-state index is 11.3. The maximum Gasteiger partial charge on any atom is 0.330 e. The molecule has 0 rings (SSSR count). The molecule has 1 atom stereocenters. The summed E-state index contributed by atoms with van der Waals surface area (Å²) in [5.41, 5.74) is 5.30. The first kappa shape index (κ1) is 18.1. The first-order valence-corrected chi connectivity index (χ1v) is 7.58. The minimum atomic E-state index is -0.730. The van der Waals surface area contributed by atoms with Crippen molar-refractivity contribution in [2.24, 2.45) is 5.73 Å². The van der Waals surface area contributed by atoms with Crippen molar-refractivity contribution in [2.45, 2.75) is 84.1 Å². The summed E-state index contributed by atoms with van der Waals surface area (Å²) in [5, 5.41) is 0. The largest absolute Gasteiger partial charge is 0.392 e. The van der Waals surface area contributed by atoms with Crippen LogP contribution in [-0.2, 0) is 14.3 Å². The molecule has 0 aliphatic carbocycles. The summed E-state index contributed by atoms with van der Waals surface area (Å²) in [7, 11) is 0. The van der Waals surface area contributed by atoms with Gasteiger partial charge in [-0.25, -0.2) is 4.79 Å². The minimum Gasteiger partial charge on any atom is -0.392 e. The predicted molar refractivity (Wildman–Crippen MR) is 76.6 cm³/mol. The number of esters is 2. The highest BCUT2D eigenvalue weighted by Gasteiger charge is 2.13. The molecule has 0 amide bonds. The molecule has 4 heteroatoms. The lowest BCUT2D eigenvalue weighted by Gasteiger charge is -2.05. The Bertz CT molecular complexity index is 252. The van der Waals surface area contributed by atoms with Gasteiger partial charge in [0.15, 0.2) is 0 Å². The third-order valence-electron chi connectivity index (χ3n) is 3.07. The number of ether oxygens (including phenoxy) is 1. The van der Waals surface area contributed by atoms with E-state index in [1.54, 1.807) is 0 Å². The Balaban J connectivity index is 3.30. The van der Waals surface area contributed by atoms with E-state index >= 15 is 0 Å². The second kappa shape index (κ2) is 12.2. The first-order chi connectivity index (χ1) is 9.07. The van der Waals surface area contributed by atoms with Crippen molar-refractivity contribution in [3.8, 4) is 0 Å². The minimum absolute atomic E-state index is 0.314. The van der Waals surface area contributed by atoms with Crippen LogP contribution in [0.3, 0.4) is 0 Å². The number of unbranched alkanes of at least 4 members (excludes halogenated alkanes) is 8. The van der Waals surface area contributed by atoms with Crippen molar-refractivity contribution in [1.29, 1.82) is 0 Å². The van der Waals surface area contributed by atoms with Crippen LogP contribution < -0.4 is 5.73 Å². The molecule has 2 N–H and O–H groups in total. The molecule has 0 aromatic heterocycles. The number of hydrogen-bond donors (Lipinski definition) is 1. The summed E-state index contributed by atoms with van der Waals surface area (Å²) in [5.74, 6) is -1.09. The molecule has 0 saturated heterocycles. The van der Waals surface area contributed by atoms with E-state index in [9.17, 15) is 9.59 Å². The summed E-state index contributed by atoms with van der Waals surface area (Å²) in [6.45, 7) is 3.73. The van der Waals surface area contributed by atoms with Crippen molar-refractivity contribution in [3.63, 3.8) is 0 Å². The maximum absolute atomic E-state index is 11.3. The molecule has 0 radical (unpaired) electrons. The van der Waals surface area contributed by atoms with Crippen LogP contribution in [-0.4, -0.2) is 18.0 Å². The Morgan fingerprint density at radius 2 is 1.42 bits per heavy atom. The van der Waals surface area contributed by atoms with E-state index in [0.29, 0.717) is 6.42 Å². The van der Waals surface area contributed by atoms with Crippen LogP contribution in [0.25, 0.3) is 0 Å². The lowest BCUT2D eigenvalue weighted by molar-refractivity contribution is -0.160. The molecule has 0 aromatic rings. The van der Waals surface area contributed by atoms with Crippen molar-refractivity contribution < 1.29 is 14.3 Å². The predicted octanol–water partition coefficient (Wildman–Crippen LogP) is 3.32. The van der Waals surface area contributed by atoms with Gasteiger partial charge in [0.05, 0.1) is 0 Å². The molecule has 0 bridgehead atoms. The van der Waals surface area contributed by atoms with E-state index in [4.69, 9.17) is 5.73 Å². The number of carbonyl (C=O) groups excluding carboxylic acids is 2. The summed E-state index contributed by atoms with van der Waals surface area (Å²) in [6.07, 6.45) is 11.1. The van der Waals surface area contributed by atoms with E-state index in [2.05, 4.69) is 11.7 Å². The molecule has 0 unspecified atom stereocenters. The zero-order valence-electron chi connectivity index (χ0n) is 12.5. The van der Waals surface area contributed by atoms with Gasteiger partial charge in [0, 0.05) is 6.42 Å². The molecular weight excluding hydrogens is 242 g/mol. The Hall–Kier alpha value is -0.900. The average molecular weight is 271 g/mol. The zero-order chi connectivity index (χ0) is 14.5. The fraction of sp³-hybridized carbons (Fsp3) is 0.867. The van der Waals surface area contributed by atoms with E-state index in [0.717, 1.165) is 19.3 Å². The first-order valence-electron chi connectivity index (χ1n) is 7.58. The standard InChI is InChI=1S/C15H29NO3/c1-3-4-5-6-7-8-9-10-11-12-14(17)19-15(18)13(2)16/h13H,3-12,16H2,1-2H3/t13-/m1/s1. The van der Waals surface area contributed by atoms with Gasteiger partial charge in [0.25, 0.3) is 0 Å². The van der Waals surface area contributed by atoms with Crippen LogP contribution in [0.2, 0.25) is 0 Å². The van der Waals surface area contributed by atoms with Crippen LogP contribution in [0.15, 0.2) is 0 Å². The lowest BCUT2D eigenvalue weighted by atomic mass is 10.1. The van der Waals surface area contributed by atoms with E-state index < -0.39 is 18.0 Å². The van der Waals surface area contributed by atoms with Crippen LogP contribution in [0, 0.1) is 0 Å². The average Bonchev–Trinajstić information content (AvgIpc) is 2.36. The molecule has 112 valence electrons. The van der Waals surface area contributed by atoms with E-state index in [1.165, 1.54) is 45.4 Å². The lowest BCUT2D eigenvalue weighted by Crippen LogP contribution is -2.30. The van der Waals surface area contributed by atoms with Crippen LogP contribution in [0.4, 0.5) is 0 Å². The number of nitrogens with two attached hydrogens (primary N) is 1. The number of rotatable bonds is 11. The van der Waals surface area contributed by atoms with Gasteiger partial charge in [-0.1, -0.05) is 58.3 Å². The van der Waals surface area contributed by atoms with Crippen LogP contribution >= 0.6 is 0 Å². The molecule has 0 spiro atoms. The van der Waals surface area contributed by atoms with Crippen molar-refractivity contribution in [1.82, 2.24) is 0 Å².